The number of cyclic esters (lactones) is 1. The number of esters is 1. The smallest absolute Gasteiger partial charge is 0.329 e. The number of carbonyl (C=O) groups excluding carboxylic acids is 5. The number of ether oxygens (including phenoxy) is 1. The lowest BCUT2D eigenvalue weighted by molar-refractivity contribution is -0.160. The second-order valence-electron chi connectivity index (χ2n) is 12.9. The molecule has 2 rings (SSSR count). The van der Waals surface area contributed by atoms with Crippen molar-refractivity contribution in [2.75, 3.05) is 0 Å². The van der Waals surface area contributed by atoms with Crippen molar-refractivity contribution in [3.63, 3.8) is 0 Å². The van der Waals surface area contributed by atoms with E-state index in [-0.39, 0.29) is 42.9 Å². The molecule has 0 radical (unpaired) electrons. The van der Waals surface area contributed by atoms with Gasteiger partial charge in [0.15, 0.2) is 6.10 Å². The highest BCUT2D eigenvalue weighted by Crippen LogP contribution is 2.16. The van der Waals surface area contributed by atoms with Crippen molar-refractivity contribution in [1.82, 2.24) is 21.3 Å². The van der Waals surface area contributed by atoms with Crippen LogP contribution in [0.1, 0.15) is 80.2 Å². The molecule has 0 aliphatic carbocycles. The molecule has 1 aliphatic heterocycles. The molecule has 10 heteroatoms. The fourth-order valence-corrected chi connectivity index (χ4v) is 4.89. The van der Waals surface area contributed by atoms with E-state index >= 15 is 0 Å². The molecule has 4 amide bonds. The van der Waals surface area contributed by atoms with Crippen LogP contribution in [0.2, 0.25) is 0 Å². The van der Waals surface area contributed by atoms with Gasteiger partial charge in [-0.25, -0.2) is 4.79 Å². The van der Waals surface area contributed by atoms with Crippen LogP contribution in [-0.2, 0) is 35.1 Å². The molecule has 1 saturated heterocycles. The number of hydrogen-bond acceptors (Lipinski definition) is 6. The Balaban J connectivity index is 2.58. The summed E-state index contributed by atoms with van der Waals surface area (Å²) in [5.41, 5.74) is 0.813. The minimum absolute atomic E-state index is 0.00791. The summed E-state index contributed by atoms with van der Waals surface area (Å²) in [5, 5.41) is 11.2. The van der Waals surface area contributed by atoms with Crippen molar-refractivity contribution >= 4 is 29.6 Å². The standard InChI is InChI=1S/C32H50N4O6/c1-18(2)14-23-29(38)36-27(21(7)8)31(40)34-24(17-22-12-10-9-11-13-22)28(37)35-25(15-19(3)4)32(41)42-26(16-20(5)6)30(39)33-23/h9-13,18-21,23-27H,14-17H2,1-8H3,(H,33,39)(H,34,40)(H,35,37)(H,36,38)/t23-,24-,25-,26?,27-/m0/s1. The average molecular weight is 587 g/mol. The third-order valence-corrected chi connectivity index (χ3v) is 7.05. The van der Waals surface area contributed by atoms with Crippen molar-refractivity contribution in [3.05, 3.63) is 35.9 Å². The Kier molecular flexibility index (Phi) is 13.5. The van der Waals surface area contributed by atoms with E-state index in [1.807, 2.05) is 71.9 Å². The van der Waals surface area contributed by atoms with Crippen LogP contribution in [-0.4, -0.2) is 59.9 Å². The lowest BCUT2D eigenvalue weighted by Gasteiger charge is -2.28. The first kappa shape index (κ1) is 34.8. The molecule has 42 heavy (non-hydrogen) atoms. The number of amides is 4. The SMILES string of the molecule is CC(C)CC1OC(=O)[C@H](CC(C)C)NC(=O)[C@H](Cc2ccccc2)NC(=O)[C@H](C(C)C)NC(=O)[C@H](CC(C)C)NC1=O. The zero-order valence-corrected chi connectivity index (χ0v) is 26.4. The molecular formula is C32H50N4O6. The number of carbonyl (C=O) groups is 5. The van der Waals surface area contributed by atoms with E-state index in [2.05, 4.69) is 21.3 Å². The molecule has 0 saturated carbocycles. The molecule has 1 aromatic rings. The summed E-state index contributed by atoms with van der Waals surface area (Å²) in [7, 11) is 0. The van der Waals surface area contributed by atoms with Crippen molar-refractivity contribution in [1.29, 1.82) is 0 Å². The Labute approximate surface area is 250 Å². The van der Waals surface area contributed by atoms with E-state index in [0.717, 1.165) is 5.56 Å². The van der Waals surface area contributed by atoms with Crippen LogP contribution in [0.3, 0.4) is 0 Å². The highest BCUT2D eigenvalue weighted by atomic mass is 16.5. The average Bonchev–Trinajstić information content (AvgIpc) is 2.89. The van der Waals surface area contributed by atoms with Gasteiger partial charge in [0.25, 0.3) is 5.91 Å². The van der Waals surface area contributed by atoms with E-state index in [0.29, 0.717) is 6.42 Å². The molecule has 0 bridgehead atoms. The van der Waals surface area contributed by atoms with Crippen LogP contribution >= 0.6 is 0 Å². The second kappa shape index (κ2) is 16.3. The van der Waals surface area contributed by atoms with Crippen LogP contribution in [0.4, 0.5) is 0 Å². The first-order valence-electron chi connectivity index (χ1n) is 15.1. The second-order valence-corrected chi connectivity index (χ2v) is 12.9. The van der Waals surface area contributed by atoms with Crippen LogP contribution in [0.5, 0.6) is 0 Å². The summed E-state index contributed by atoms with van der Waals surface area (Å²) in [5.74, 6) is -3.16. The minimum atomic E-state index is -1.16. The van der Waals surface area contributed by atoms with E-state index in [1.165, 1.54) is 0 Å². The number of hydrogen-bond donors (Lipinski definition) is 4. The van der Waals surface area contributed by atoms with E-state index in [4.69, 9.17) is 4.74 Å². The van der Waals surface area contributed by atoms with E-state index < -0.39 is 59.9 Å². The van der Waals surface area contributed by atoms with Gasteiger partial charge in [0, 0.05) is 6.42 Å². The Morgan fingerprint density at radius 2 is 1.10 bits per heavy atom. The van der Waals surface area contributed by atoms with Gasteiger partial charge in [-0.3, -0.25) is 19.2 Å². The maximum atomic E-state index is 13.7. The van der Waals surface area contributed by atoms with Gasteiger partial charge in [-0.15, -0.1) is 0 Å². The van der Waals surface area contributed by atoms with Crippen LogP contribution in [0.25, 0.3) is 0 Å². The van der Waals surface area contributed by atoms with E-state index in [9.17, 15) is 24.0 Å². The van der Waals surface area contributed by atoms with Gasteiger partial charge >= 0.3 is 5.97 Å². The molecule has 4 N–H and O–H groups in total. The zero-order chi connectivity index (χ0) is 31.6. The van der Waals surface area contributed by atoms with Gasteiger partial charge in [-0.2, -0.15) is 0 Å². The quantitative estimate of drug-likeness (QED) is 0.328. The molecule has 1 fully saturated rings. The van der Waals surface area contributed by atoms with Gasteiger partial charge in [0.1, 0.15) is 24.2 Å². The fraction of sp³-hybridized carbons (Fsp3) is 0.656. The topological polar surface area (TPSA) is 143 Å². The normalized spacial score (nSPS) is 25.0. The molecule has 1 aromatic carbocycles. The molecule has 1 heterocycles. The largest absolute Gasteiger partial charge is 0.451 e. The molecule has 0 spiro atoms. The maximum Gasteiger partial charge on any atom is 0.329 e. The van der Waals surface area contributed by atoms with Crippen LogP contribution in [0.15, 0.2) is 30.3 Å². The molecule has 0 aromatic heterocycles. The fourth-order valence-electron chi connectivity index (χ4n) is 4.89. The highest BCUT2D eigenvalue weighted by Gasteiger charge is 2.36. The Morgan fingerprint density at radius 1 is 0.595 bits per heavy atom. The van der Waals surface area contributed by atoms with Crippen molar-refractivity contribution in [3.8, 4) is 0 Å². The minimum Gasteiger partial charge on any atom is -0.451 e. The van der Waals surface area contributed by atoms with Gasteiger partial charge in [0.2, 0.25) is 17.7 Å². The summed E-state index contributed by atoms with van der Waals surface area (Å²) in [6, 6.07) is 5.26. The first-order chi connectivity index (χ1) is 19.7. The van der Waals surface area contributed by atoms with Crippen molar-refractivity contribution < 1.29 is 28.7 Å². The Bertz CT molecular complexity index is 1070. The zero-order valence-electron chi connectivity index (χ0n) is 26.4. The third kappa shape index (κ3) is 11.1. The predicted octanol–water partition coefficient (Wildman–Crippen LogP) is 2.89. The number of nitrogens with one attached hydrogen (secondary N) is 4. The van der Waals surface area contributed by atoms with Gasteiger partial charge in [-0.1, -0.05) is 85.7 Å². The van der Waals surface area contributed by atoms with Crippen molar-refractivity contribution in [2.45, 2.75) is 111 Å². The summed E-state index contributed by atoms with van der Waals surface area (Å²) in [4.78, 5) is 67.7. The molecule has 1 unspecified atom stereocenters. The number of rotatable bonds is 9. The molecule has 10 nitrogen and oxygen atoms in total. The maximum absolute atomic E-state index is 13.7. The first-order valence-corrected chi connectivity index (χ1v) is 15.1. The van der Waals surface area contributed by atoms with Crippen LogP contribution < -0.4 is 21.3 Å². The Hall–Kier alpha value is -3.43. The van der Waals surface area contributed by atoms with E-state index in [1.54, 1.807) is 13.8 Å². The monoisotopic (exact) mass is 586 g/mol. The third-order valence-electron chi connectivity index (χ3n) is 7.05. The van der Waals surface area contributed by atoms with Gasteiger partial charge in [-0.05, 0) is 48.5 Å². The summed E-state index contributed by atoms with van der Waals surface area (Å²) < 4.78 is 5.75. The predicted molar refractivity (Wildman–Crippen MR) is 161 cm³/mol. The Morgan fingerprint density at radius 3 is 1.64 bits per heavy atom. The van der Waals surface area contributed by atoms with Crippen molar-refractivity contribution in [2.24, 2.45) is 23.7 Å². The lowest BCUT2D eigenvalue weighted by atomic mass is 9.98. The van der Waals surface area contributed by atoms with Gasteiger partial charge < -0.3 is 26.0 Å². The lowest BCUT2D eigenvalue weighted by Crippen LogP contribution is -2.59. The molecule has 234 valence electrons. The van der Waals surface area contributed by atoms with Gasteiger partial charge in [0.05, 0.1) is 0 Å². The highest BCUT2D eigenvalue weighted by molar-refractivity contribution is 5.96. The molecule has 1 aliphatic rings. The molecule has 5 atom stereocenters. The summed E-state index contributed by atoms with van der Waals surface area (Å²) in [6.45, 7) is 15.1. The summed E-state index contributed by atoms with van der Waals surface area (Å²) >= 11 is 0. The summed E-state index contributed by atoms with van der Waals surface area (Å²) in [6.07, 6.45) is -0.151. The molecular weight excluding hydrogens is 536 g/mol. The van der Waals surface area contributed by atoms with Crippen LogP contribution in [0, 0.1) is 23.7 Å². The number of benzene rings is 1.